The number of sulfonamides is 1. The largest absolute Gasteiger partial charge is 0.468 e. The van der Waals surface area contributed by atoms with Gasteiger partial charge >= 0.3 is 12.1 Å². The predicted octanol–water partition coefficient (Wildman–Crippen LogP) is 2.29. The topological polar surface area (TPSA) is 94.6 Å². The third-order valence-electron chi connectivity index (χ3n) is 3.24. The van der Waals surface area contributed by atoms with Crippen molar-refractivity contribution in [3.63, 3.8) is 0 Å². The molecule has 0 aliphatic rings. The molecule has 1 aromatic carbocycles. The van der Waals surface area contributed by atoms with Crippen LogP contribution in [-0.4, -0.2) is 39.3 Å². The average molecular weight is 404 g/mol. The highest BCUT2D eigenvalue weighted by molar-refractivity contribution is 7.89. The Morgan fingerprint density at radius 3 is 2.44 bits per heavy atom. The number of hydrogen-bond donors (Lipinski definition) is 1. The van der Waals surface area contributed by atoms with Crippen LogP contribution in [0.25, 0.3) is 0 Å². The lowest BCUT2D eigenvalue weighted by atomic mass is 10.2. The summed E-state index contributed by atoms with van der Waals surface area (Å²) in [5.74, 6) is -0.874. The number of nitrogens with one attached hydrogen (secondary N) is 1. The molecule has 0 spiro atoms. The number of benzene rings is 1. The van der Waals surface area contributed by atoms with Crippen LogP contribution in [-0.2, 0) is 21.3 Å². The van der Waals surface area contributed by atoms with Gasteiger partial charge in [0.25, 0.3) is 0 Å². The minimum atomic E-state index is -4.50. The molecule has 0 amide bonds. The van der Waals surface area contributed by atoms with Crippen LogP contribution in [0, 0.1) is 0 Å². The van der Waals surface area contributed by atoms with Gasteiger partial charge in [-0.25, -0.2) is 22.9 Å². The molecule has 0 bridgehead atoms. The fraction of sp³-hybridized carbons (Fsp3) is 0.250. The second-order valence-electron chi connectivity index (χ2n) is 5.25. The zero-order chi connectivity index (χ0) is 20.1. The number of carbonyl (C=O) groups excluding carboxylic acids is 1. The quantitative estimate of drug-likeness (QED) is 0.712. The standard InChI is InChI=1S/C16H15F3N2O5S/c1-25-15(22)12-2-4-13(5-3-12)27(23,24)21-9-11-6-7-20-14(8-11)26-10-16(17,18)19/h2-8,21H,9-10H2,1H3. The maximum absolute atomic E-state index is 12.3. The summed E-state index contributed by atoms with van der Waals surface area (Å²) in [6.07, 6.45) is -3.30. The van der Waals surface area contributed by atoms with Gasteiger partial charge in [-0.3, -0.25) is 0 Å². The third-order valence-corrected chi connectivity index (χ3v) is 4.65. The van der Waals surface area contributed by atoms with Gasteiger partial charge in [-0.05, 0) is 35.9 Å². The van der Waals surface area contributed by atoms with Crippen molar-refractivity contribution in [3.05, 3.63) is 53.7 Å². The minimum absolute atomic E-state index is 0.0854. The number of alkyl halides is 3. The molecule has 0 aliphatic carbocycles. The fourth-order valence-corrected chi connectivity index (χ4v) is 2.96. The Morgan fingerprint density at radius 1 is 1.19 bits per heavy atom. The Kier molecular flexibility index (Phi) is 6.39. The number of ether oxygens (including phenoxy) is 2. The second kappa shape index (κ2) is 8.35. The first-order valence-electron chi connectivity index (χ1n) is 7.43. The van der Waals surface area contributed by atoms with Crippen LogP contribution >= 0.6 is 0 Å². The van der Waals surface area contributed by atoms with E-state index < -0.39 is 28.8 Å². The Balaban J connectivity index is 2.03. The van der Waals surface area contributed by atoms with Crippen molar-refractivity contribution in [3.8, 4) is 5.88 Å². The van der Waals surface area contributed by atoms with Crippen molar-refractivity contribution in [2.75, 3.05) is 13.7 Å². The lowest BCUT2D eigenvalue weighted by molar-refractivity contribution is -0.154. The summed E-state index contributed by atoms with van der Waals surface area (Å²) in [7, 11) is -2.70. The number of methoxy groups -OCH3 is 1. The van der Waals surface area contributed by atoms with Gasteiger partial charge in [-0.2, -0.15) is 13.2 Å². The molecule has 2 aromatic rings. The van der Waals surface area contributed by atoms with Crippen molar-refractivity contribution in [2.24, 2.45) is 0 Å². The number of hydrogen-bond acceptors (Lipinski definition) is 6. The molecule has 7 nitrogen and oxygen atoms in total. The van der Waals surface area contributed by atoms with Crippen LogP contribution in [0.1, 0.15) is 15.9 Å². The van der Waals surface area contributed by atoms with Gasteiger partial charge in [0.1, 0.15) is 0 Å². The lowest BCUT2D eigenvalue weighted by Crippen LogP contribution is -2.23. The number of esters is 1. The molecule has 1 aromatic heterocycles. The zero-order valence-electron chi connectivity index (χ0n) is 14.0. The van der Waals surface area contributed by atoms with Crippen LogP contribution in [0.3, 0.4) is 0 Å². The van der Waals surface area contributed by atoms with E-state index in [0.717, 1.165) is 0 Å². The fourth-order valence-electron chi connectivity index (χ4n) is 1.94. The van der Waals surface area contributed by atoms with E-state index in [1.165, 1.54) is 49.7 Å². The monoisotopic (exact) mass is 404 g/mol. The predicted molar refractivity (Wildman–Crippen MR) is 87.6 cm³/mol. The van der Waals surface area contributed by atoms with Crippen molar-refractivity contribution < 1.29 is 35.9 Å². The van der Waals surface area contributed by atoms with Gasteiger partial charge in [-0.15, -0.1) is 0 Å². The zero-order valence-corrected chi connectivity index (χ0v) is 14.8. The highest BCUT2D eigenvalue weighted by Crippen LogP contribution is 2.18. The molecule has 0 saturated heterocycles. The first-order chi connectivity index (χ1) is 12.6. The maximum Gasteiger partial charge on any atom is 0.422 e. The van der Waals surface area contributed by atoms with Gasteiger partial charge < -0.3 is 9.47 Å². The lowest BCUT2D eigenvalue weighted by Gasteiger charge is -2.10. The SMILES string of the molecule is COC(=O)c1ccc(S(=O)(=O)NCc2ccnc(OCC(F)(F)F)c2)cc1. The second-order valence-corrected chi connectivity index (χ2v) is 7.01. The minimum Gasteiger partial charge on any atom is -0.468 e. The molecule has 0 saturated carbocycles. The average Bonchev–Trinajstić information content (AvgIpc) is 2.64. The van der Waals surface area contributed by atoms with Crippen LogP contribution in [0.2, 0.25) is 0 Å². The molecule has 0 fully saturated rings. The summed E-state index contributed by atoms with van der Waals surface area (Å²) >= 11 is 0. The van der Waals surface area contributed by atoms with E-state index in [1.807, 2.05) is 0 Å². The van der Waals surface area contributed by atoms with Gasteiger partial charge in [-0.1, -0.05) is 0 Å². The van der Waals surface area contributed by atoms with Crippen LogP contribution in [0.15, 0.2) is 47.5 Å². The summed E-state index contributed by atoms with van der Waals surface area (Å²) in [4.78, 5) is 14.9. The van der Waals surface area contributed by atoms with E-state index in [2.05, 4.69) is 19.2 Å². The summed E-state index contributed by atoms with van der Waals surface area (Å²) in [6.45, 7) is -1.69. The van der Waals surface area contributed by atoms with Gasteiger partial charge in [0.05, 0.1) is 17.6 Å². The van der Waals surface area contributed by atoms with E-state index in [4.69, 9.17) is 0 Å². The summed E-state index contributed by atoms with van der Waals surface area (Å²) < 4.78 is 72.4. The Labute approximate surface area is 153 Å². The Bertz CT molecular complexity index is 899. The highest BCUT2D eigenvalue weighted by Gasteiger charge is 2.28. The molecular weight excluding hydrogens is 389 g/mol. The van der Waals surface area contributed by atoms with Gasteiger partial charge in [0.15, 0.2) is 6.61 Å². The highest BCUT2D eigenvalue weighted by atomic mass is 32.2. The summed E-state index contributed by atoms with van der Waals surface area (Å²) in [6, 6.07) is 7.71. The number of nitrogens with zero attached hydrogens (tertiary/aromatic N) is 1. The van der Waals surface area contributed by atoms with Crippen molar-refractivity contribution in [1.82, 2.24) is 9.71 Å². The number of carbonyl (C=O) groups is 1. The number of halogens is 3. The van der Waals surface area contributed by atoms with E-state index >= 15 is 0 Å². The molecule has 2 rings (SSSR count). The van der Waals surface area contributed by atoms with Crippen molar-refractivity contribution in [2.45, 2.75) is 17.6 Å². The maximum atomic E-state index is 12.3. The third kappa shape index (κ3) is 6.22. The number of pyridine rings is 1. The molecule has 1 N–H and O–H groups in total. The van der Waals surface area contributed by atoms with Crippen LogP contribution < -0.4 is 9.46 Å². The van der Waals surface area contributed by atoms with Crippen molar-refractivity contribution in [1.29, 1.82) is 0 Å². The molecule has 11 heteroatoms. The molecule has 0 aliphatic heterocycles. The van der Waals surface area contributed by atoms with E-state index in [-0.39, 0.29) is 22.9 Å². The molecule has 1 heterocycles. The van der Waals surface area contributed by atoms with E-state index in [0.29, 0.717) is 5.56 Å². The normalized spacial score (nSPS) is 11.9. The van der Waals surface area contributed by atoms with Crippen LogP contribution in [0.5, 0.6) is 5.88 Å². The van der Waals surface area contributed by atoms with Crippen molar-refractivity contribution >= 4 is 16.0 Å². The molecular formula is C16H15F3N2O5S. The van der Waals surface area contributed by atoms with Gasteiger partial charge in [0.2, 0.25) is 15.9 Å². The Morgan fingerprint density at radius 2 is 1.85 bits per heavy atom. The van der Waals surface area contributed by atoms with E-state index in [1.54, 1.807) is 0 Å². The molecule has 0 radical (unpaired) electrons. The van der Waals surface area contributed by atoms with Crippen LogP contribution in [0.4, 0.5) is 13.2 Å². The smallest absolute Gasteiger partial charge is 0.422 e. The van der Waals surface area contributed by atoms with E-state index in [9.17, 15) is 26.4 Å². The summed E-state index contributed by atoms with van der Waals surface area (Å²) in [5, 5.41) is 0. The molecule has 0 unspecified atom stereocenters. The van der Waals surface area contributed by atoms with Gasteiger partial charge in [0, 0.05) is 18.8 Å². The Hall–Kier alpha value is -2.66. The molecule has 27 heavy (non-hydrogen) atoms. The summed E-state index contributed by atoms with van der Waals surface area (Å²) in [5.41, 5.74) is 0.550. The first-order valence-corrected chi connectivity index (χ1v) is 8.91. The number of aromatic nitrogens is 1. The molecule has 0 atom stereocenters. The first kappa shape index (κ1) is 20.6. The number of rotatable bonds is 7. The molecule has 146 valence electrons.